The van der Waals surface area contributed by atoms with Crippen LogP contribution >= 0.6 is 0 Å². The molecule has 0 amide bonds. The number of aliphatic hydroxyl groups is 1. The third-order valence-electron chi connectivity index (χ3n) is 1.29. The molecule has 0 spiro atoms. The second kappa shape index (κ2) is 3.15. The van der Waals surface area contributed by atoms with Crippen LogP contribution < -0.4 is 11.5 Å². The minimum absolute atomic E-state index is 0.0278. The summed E-state index contributed by atoms with van der Waals surface area (Å²) in [6.45, 7) is 3.66. The normalized spacial score (nSPS) is 21.0. The van der Waals surface area contributed by atoms with Crippen LogP contribution in [-0.2, 0) is 0 Å². The third-order valence-corrected chi connectivity index (χ3v) is 1.29. The lowest BCUT2D eigenvalue weighted by molar-refractivity contribution is 0.0291. The van der Waals surface area contributed by atoms with Gasteiger partial charge in [-0.3, -0.25) is 0 Å². The molecule has 3 nitrogen and oxygen atoms in total. The Morgan fingerprint density at radius 3 is 2.22 bits per heavy atom. The van der Waals surface area contributed by atoms with Crippen molar-refractivity contribution < 1.29 is 5.11 Å². The van der Waals surface area contributed by atoms with Crippen molar-refractivity contribution in [3.05, 3.63) is 0 Å². The van der Waals surface area contributed by atoms with Crippen LogP contribution in [-0.4, -0.2) is 16.9 Å². The summed E-state index contributed by atoms with van der Waals surface area (Å²) < 4.78 is 0. The van der Waals surface area contributed by atoms with Gasteiger partial charge in [-0.15, -0.1) is 0 Å². The molecular weight excluding hydrogens is 116 g/mol. The van der Waals surface area contributed by atoms with Crippen molar-refractivity contribution in [2.24, 2.45) is 11.5 Å². The van der Waals surface area contributed by atoms with Crippen LogP contribution in [0, 0.1) is 0 Å². The van der Waals surface area contributed by atoms with Gasteiger partial charge in [-0.2, -0.15) is 0 Å². The largest absolute Gasteiger partial charge is 0.376 e. The van der Waals surface area contributed by atoms with Gasteiger partial charge < -0.3 is 16.6 Å². The van der Waals surface area contributed by atoms with Crippen molar-refractivity contribution in [2.45, 2.75) is 38.5 Å². The zero-order valence-corrected chi connectivity index (χ0v) is 6.09. The molecule has 0 rings (SSSR count). The molecule has 0 aromatic rings. The van der Waals surface area contributed by atoms with Crippen molar-refractivity contribution in [1.29, 1.82) is 0 Å². The Balaban J connectivity index is 3.58. The Morgan fingerprint density at radius 2 is 2.11 bits per heavy atom. The summed E-state index contributed by atoms with van der Waals surface area (Å²) in [4.78, 5) is 0. The standard InChI is InChI=1S/C6H16N2O/c1-3-6(8,9)4-5(2)7/h5,9H,3-4,7-8H2,1-2H3. The summed E-state index contributed by atoms with van der Waals surface area (Å²) in [6.07, 6.45) is 1.01. The molecule has 0 aliphatic heterocycles. The summed E-state index contributed by atoms with van der Waals surface area (Å²) in [7, 11) is 0. The lowest BCUT2D eigenvalue weighted by Gasteiger charge is -2.22. The van der Waals surface area contributed by atoms with Gasteiger partial charge in [0, 0.05) is 12.5 Å². The predicted molar refractivity (Wildman–Crippen MR) is 37.7 cm³/mol. The average Bonchev–Trinajstić information content (AvgIpc) is 1.63. The molecule has 0 aliphatic carbocycles. The monoisotopic (exact) mass is 132 g/mol. The van der Waals surface area contributed by atoms with Crippen LogP contribution in [0.4, 0.5) is 0 Å². The molecule has 0 aliphatic rings. The molecule has 0 heterocycles. The fourth-order valence-corrected chi connectivity index (χ4v) is 0.702. The van der Waals surface area contributed by atoms with Crippen LogP contribution in [0.25, 0.3) is 0 Å². The summed E-state index contributed by atoms with van der Waals surface area (Å²) in [5.41, 5.74) is 9.75. The van der Waals surface area contributed by atoms with Gasteiger partial charge in [0.15, 0.2) is 0 Å². The molecule has 0 fully saturated rings. The average molecular weight is 132 g/mol. The van der Waals surface area contributed by atoms with Gasteiger partial charge in [-0.1, -0.05) is 6.92 Å². The molecule has 0 saturated carbocycles. The van der Waals surface area contributed by atoms with E-state index in [0.717, 1.165) is 0 Å². The summed E-state index contributed by atoms with van der Waals surface area (Å²) in [5, 5.41) is 9.19. The number of nitrogens with two attached hydrogens (primary N) is 2. The highest BCUT2D eigenvalue weighted by molar-refractivity contribution is 4.72. The molecule has 9 heavy (non-hydrogen) atoms. The van der Waals surface area contributed by atoms with Crippen molar-refractivity contribution in [3.8, 4) is 0 Å². The maximum atomic E-state index is 9.19. The van der Waals surface area contributed by atoms with E-state index in [0.29, 0.717) is 12.8 Å². The highest BCUT2D eigenvalue weighted by Gasteiger charge is 2.19. The van der Waals surface area contributed by atoms with Crippen LogP contribution in [0.15, 0.2) is 0 Å². The van der Waals surface area contributed by atoms with Crippen molar-refractivity contribution in [1.82, 2.24) is 0 Å². The van der Waals surface area contributed by atoms with E-state index >= 15 is 0 Å². The fraction of sp³-hybridized carbons (Fsp3) is 1.00. The van der Waals surface area contributed by atoms with E-state index in [9.17, 15) is 5.11 Å². The predicted octanol–water partition coefficient (Wildman–Crippen LogP) is -0.219. The lowest BCUT2D eigenvalue weighted by atomic mass is 10.0. The van der Waals surface area contributed by atoms with Gasteiger partial charge in [-0.25, -0.2) is 0 Å². The second-order valence-corrected chi connectivity index (χ2v) is 2.64. The van der Waals surface area contributed by atoms with Crippen LogP contribution in [0.5, 0.6) is 0 Å². The Hall–Kier alpha value is -0.120. The van der Waals surface area contributed by atoms with Crippen molar-refractivity contribution >= 4 is 0 Å². The highest BCUT2D eigenvalue weighted by Crippen LogP contribution is 2.07. The second-order valence-electron chi connectivity index (χ2n) is 2.64. The summed E-state index contributed by atoms with van der Waals surface area (Å²) in [6, 6.07) is -0.0278. The fourth-order valence-electron chi connectivity index (χ4n) is 0.702. The zero-order chi connectivity index (χ0) is 7.49. The molecule has 0 aromatic heterocycles. The highest BCUT2D eigenvalue weighted by atomic mass is 16.3. The third kappa shape index (κ3) is 4.39. The van der Waals surface area contributed by atoms with Gasteiger partial charge in [0.25, 0.3) is 0 Å². The topological polar surface area (TPSA) is 72.3 Å². The van der Waals surface area contributed by atoms with Gasteiger partial charge in [0.05, 0.1) is 0 Å². The summed E-state index contributed by atoms with van der Waals surface area (Å²) >= 11 is 0. The molecule has 0 saturated heterocycles. The van der Waals surface area contributed by atoms with E-state index in [2.05, 4.69) is 0 Å². The quantitative estimate of drug-likeness (QED) is 0.465. The first kappa shape index (κ1) is 8.88. The van der Waals surface area contributed by atoms with E-state index < -0.39 is 5.72 Å². The number of rotatable bonds is 3. The molecule has 56 valence electrons. The number of hydrogen-bond donors (Lipinski definition) is 3. The van der Waals surface area contributed by atoms with Gasteiger partial charge >= 0.3 is 0 Å². The zero-order valence-electron chi connectivity index (χ0n) is 6.09. The van der Waals surface area contributed by atoms with Crippen LogP contribution in [0.2, 0.25) is 0 Å². The van der Waals surface area contributed by atoms with E-state index in [4.69, 9.17) is 11.5 Å². The first-order valence-electron chi connectivity index (χ1n) is 3.25. The Kier molecular flexibility index (Phi) is 3.11. The van der Waals surface area contributed by atoms with E-state index in [1.165, 1.54) is 0 Å². The maximum absolute atomic E-state index is 9.19. The van der Waals surface area contributed by atoms with E-state index in [1.54, 1.807) is 0 Å². The lowest BCUT2D eigenvalue weighted by Crippen LogP contribution is -2.43. The van der Waals surface area contributed by atoms with E-state index in [-0.39, 0.29) is 6.04 Å². The van der Waals surface area contributed by atoms with Gasteiger partial charge in [0.1, 0.15) is 5.72 Å². The Bertz CT molecular complexity index is 81.1. The molecule has 0 bridgehead atoms. The number of hydrogen-bond acceptors (Lipinski definition) is 3. The molecular formula is C6H16N2O. The SMILES string of the molecule is CCC(N)(O)CC(C)N. The first-order chi connectivity index (χ1) is 3.98. The maximum Gasteiger partial charge on any atom is 0.114 e. The summed E-state index contributed by atoms with van der Waals surface area (Å²) in [5.74, 6) is 0. The van der Waals surface area contributed by atoms with Crippen LogP contribution in [0.1, 0.15) is 26.7 Å². The molecule has 0 aromatic carbocycles. The van der Waals surface area contributed by atoms with Crippen molar-refractivity contribution in [2.75, 3.05) is 0 Å². The Morgan fingerprint density at radius 1 is 1.67 bits per heavy atom. The molecule has 2 atom stereocenters. The van der Waals surface area contributed by atoms with Gasteiger partial charge in [0.2, 0.25) is 0 Å². The smallest absolute Gasteiger partial charge is 0.114 e. The van der Waals surface area contributed by atoms with Gasteiger partial charge in [-0.05, 0) is 13.3 Å². The minimum Gasteiger partial charge on any atom is -0.376 e. The molecule has 2 unspecified atom stereocenters. The van der Waals surface area contributed by atoms with Crippen molar-refractivity contribution in [3.63, 3.8) is 0 Å². The minimum atomic E-state index is -1.06. The van der Waals surface area contributed by atoms with E-state index in [1.807, 2.05) is 13.8 Å². The van der Waals surface area contributed by atoms with Crippen LogP contribution in [0.3, 0.4) is 0 Å². The molecule has 0 radical (unpaired) electrons. The Labute approximate surface area is 56.0 Å². The molecule has 5 N–H and O–H groups in total. The molecule has 3 heteroatoms. The first-order valence-corrected chi connectivity index (χ1v) is 3.25.